The van der Waals surface area contributed by atoms with Crippen molar-refractivity contribution in [2.45, 2.75) is 30.8 Å². The Balaban J connectivity index is 1.62. The Bertz CT molecular complexity index is 986. The van der Waals surface area contributed by atoms with Crippen molar-refractivity contribution in [2.24, 2.45) is 0 Å². The first-order chi connectivity index (χ1) is 13.0. The number of carbonyl (C=O) groups excluding carboxylic acids is 1. The summed E-state index contributed by atoms with van der Waals surface area (Å²) in [4.78, 5) is 31.6. The third-order valence-corrected chi connectivity index (χ3v) is 5.02. The maximum atomic E-state index is 12.4. The highest BCUT2D eigenvalue weighted by molar-refractivity contribution is 7.98. The molecule has 0 aliphatic carbocycles. The van der Waals surface area contributed by atoms with Crippen LogP contribution < -0.4 is 10.9 Å². The van der Waals surface area contributed by atoms with Gasteiger partial charge in [0, 0.05) is 22.0 Å². The van der Waals surface area contributed by atoms with Crippen LogP contribution in [0.1, 0.15) is 22.6 Å². The number of furan rings is 1. The molecule has 3 rings (SSSR count). The van der Waals surface area contributed by atoms with Crippen LogP contribution in [0.15, 0.2) is 57.0 Å². The number of aromatic amines is 1. The first kappa shape index (κ1) is 19.3. The van der Waals surface area contributed by atoms with Gasteiger partial charge in [0.2, 0.25) is 5.91 Å². The van der Waals surface area contributed by atoms with Crippen molar-refractivity contribution >= 4 is 29.3 Å². The number of aromatic nitrogens is 2. The number of aryl methyl sites for hydroxylation is 1. The first-order valence-corrected chi connectivity index (χ1v) is 9.64. The van der Waals surface area contributed by atoms with Crippen LogP contribution in [0, 0.1) is 6.92 Å². The molecule has 3 aromatic rings. The highest BCUT2D eigenvalue weighted by Crippen LogP contribution is 2.21. The van der Waals surface area contributed by atoms with Crippen molar-refractivity contribution in [3.63, 3.8) is 0 Å². The van der Waals surface area contributed by atoms with Gasteiger partial charge in [0.25, 0.3) is 5.56 Å². The number of H-pyrrole nitrogens is 1. The van der Waals surface area contributed by atoms with Crippen LogP contribution in [-0.2, 0) is 23.5 Å². The highest BCUT2D eigenvalue weighted by Gasteiger charge is 2.13. The van der Waals surface area contributed by atoms with Crippen molar-refractivity contribution in [1.82, 2.24) is 15.3 Å². The van der Waals surface area contributed by atoms with Gasteiger partial charge in [0.1, 0.15) is 5.76 Å². The van der Waals surface area contributed by atoms with Gasteiger partial charge in [-0.15, -0.1) is 0 Å². The second-order valence-corrected chi connectivity index (χ2v) is 7.29. The monoisotopic (exact) mass is 403 g/mol. The van der Waals surface area contributed by atoms with E-state index in [9.17, 15) is 9.59 Å². The Kier molecular flexibility index (Phi) is 6.36. The van der Waals surface area contributed by atoms with Gasteiger partial charge < -0.3 is 14.7 Å². The van der Waals surface area contributed by atoms with E-state index in [0.717, 1.165) is 5.56 Å². The van der Waals surface area contributed by atoms with Gasteiger partial charge >= 0.3 is 0 Å². The Morgan fingerprint density at radius 1 is 1.33 bits per heavy atom. The number of nitrogens with zero attached hydrogens (tertiary/aromatic N) is 1. The SMILES string of the molecule is Cc1nc(SCc2cccc(Cl)c2)[nH]c(=O)c1CC(=O)NCc1ccco1. The molecule has 0 atom stereocenters. The number of rotatable bonds is 7. The molecule has 27 heavy (non-hydrogen) atoms. The molecule has 2 N–H and O–H groups in total. The van der Waals surface area contributed by atoms with E-state index in [1.165, 1.54) is 11.8 Å². The summed E-state index contributed by atoms with van der Waals surface area (Å²) in [5, 5.41) is 3.90. The highest BCUT2D eigenvalue weighted by atomic mass is 35.5. The second-order valence-electron chi connectivity index (χ2n) is 5.89. The molecule has 140 valence electrons. The van der Waals surface area contributed by atoms with Crippen LogP contribution in [0.2, 0.25) is 5.02 Å². The molecule has 8 heteroatoms. The Hall–Kier alpha value is -2.51. The number of hydrogen-bond donors (Lipinski definition) is 2. The number of thioether (sulfide) groups is 1. The predicted molar refractivity (Wildman–Crippen MR) is 105 cm³/mol. The van der Waals surface area contributed by atoms with Gasteiger partial charge in [-0.1, -0.05) is 35.5 Å². The molecular weight excluding hydrogens is 386 g/mol. The molecule has 1 amide bonds. The lowest BCUT2D eigenvalue weighted by Gasteiger charge is -2.08. The van der Waals surface area contributed by atoms with Gasteiger partial charge in [-0.25, -0.2) is 4.98 Å². The Labute approximate surface area is 165 Å². The summed E-state index contributed by atoms with van der Waals surface area (Å²) in [6.07, 6.45) is 1.51. The van der Waals surface area contributed by atoms with Crippen molar-refractivity contribution in [2.75, 3.05) is 0 Å². The number of amides is 1. The summed E-state index contributed by atoms with van der Waals surface area (Å²) in [6.45, 7) is 2.01. The van der Waals surface area contributed by atoms with Crippen LogP contribution in [0.25, 0.3) is 0 Å². The summed E-state index contributed by atoms with van der Waals surface area (Å²) in [7, 11) is 0. The maximum absolute atomic E-state index is 12.4. The fourth-order valence-corrected chi connectivity index (χ4v) is 3.52. The molecule has 0 aliphatic rings. The van der Waals surface area contributed by atoms with Crippen LogP contribution in [0.5, 0.6) is 0 Å². The van der Waals surface area contributed by atoms with Crippen LogP contribution in [0.4, 0.5) is 0 Å². The van der Waals surface area contributed by atoms with Crippen molar-refractivity contribution < 1.29 is 9.21 Å². The van der Waals surface area contributed by atoms with Crippen LogP contribution in [-0.4, -0.2) is 15.9 Å². The molecule has 6 nitrogen and oxygen atoms in total. The molecule has 1 aromatic carbocycles. The average Bonchev–Trinajstić information content (AvgIpc) is 3.15. The molecule has 0 spiro atoms. The molecule has 0 bridgehead atoms. The predicted octanol–water partition coefficient (Wildman–Crippen LogP) is 3.48. The normalized spacial score (nSPS) is 10.7. The number of nitrogens with one attached hydrogen (secondary N) is 2. The summed E-state index contributed by atoms with van der Waals surface area (Å²) in [6, 6.07) is 11.0. The number of hydrogen-bond acceptors (Lipinski definition) is 5. The van der Waals surface area contributed by atoms with E-state index in [-0.39, 0.29) is 24.4 Å². The lowest BCUT2D eigenvalue weighted by molar-refractivity contribution is -0.120. The van der Waals surface area contributed by atoms with E-state index in [1.54, 1.807) is 25.3 Å². The van der Waals surface area contributed by atoms with Gasteiger partial charge in [-0.3, -0.25) is 9.59 Å². The quantitative estimate of drug-likeness (QED) is 0.465. The van der Waals surface area contributed by atoms with Crippen molar-refractivity contribution in [3.05, 3.63) is 80.6 Å². The molecule has 0 fully saturated rings. The maximum Gasteiger partial charge on any atom is 0.255 e. The number of carbonyl (C=O) groups is 1. The standard InChI is InChI=1S/C19H18ClN3O3S/c1-12-16(9-17(24)21-10-15-6-3-7-26-15)18(25)23-19(22-12)27-11-13-4-2-5-14(20)8-13/h2-8H,9-11H2,1H3,(H,21,24)(H,22,23,25). The van der Waals surface area contributed by atoms with E-state index in [4.69, 9.17) is 16.0 Å². The van der Waals surface area contributed by atoms with E-state index in [1.807, 2.05) is 24.3 Å². The molecule has 0 unspecified atom stereocenters. The molecule has 0 saturated heterocycles. The molecule has 2 heterocycles. The van der Waals surface area contributed by atoms with E-state index in [0.29, 0.717) is 32.9 Å². The fraction of sp³-hybridized carbons (Fsp3) is 0.211. The average molecular weight is 404 g/mol. The Morgan fingerprint density at radius 2 is 2.19 bits per heavy atom. The summed E-state index contributed by atoms with van der Waals surface area (Å²) >= 11 is 7.39. The number of benzene rings is 1. The van der Waals surface area contributed by atoms with Crippen LogP contribution in [0.3, 0.4) is 0 Å². The second kappa shape index (κ2) is 8.92. The minimum absolute atomic E-state index is 0.0336. The largest absolute Gasteiger partial charge is 0.467 e. The first-order valence-electron chi connectivity index (χ1n) is 8.27. The summed E-state index contributed by atoms with van der Waals surface area (Å²) < 4.78 is 5.16. The van der Waals surface area contributed by atoms with E-state index < -0.39 is 0 Å². The molecule has 0 aliphatic heterocycles. The Morgan fingerprint density at radius 3 is 2.89 bits per heavy atom. The third-order valence-electron chi connectivity index (χ3n) is 3.84. The lowest BCUT2D eigenvalue weighted by atomic mass is 10.1. The minimum atomic E-state index is -0.302. The molecule has 0 radical (unpaired) electrons. The van der Waals surface area contributed by atoms with Gasteiger partial charge in [-0.05, 0) is 36.8 Å². The molecule has 2 aromatic heterocycles. The molecule has 0 saturated carbocycles. The van der Waals surface area contributed by atoms with E-state index in [2.05, 4.69) is 15.3 Å². The summed E-state index contributed by atoms with van der Waals surface area (Å²) in [5.41, 5.74) is 1.64. The summed E-state index contributed by atoms with van der Waals surface area (Å²) in [5.74, 6) is 1.02. The van der Waals surface area contributed by atoms with Gasteiger partial charge in [0.05, 0.1) is 19.2 Å². The zero-order valence-corrected chi connectivity index (χ0v) is 16.2. The van der Waals surface area contributed by atoms with Crippen molar-refractivity contribution in [3.8, 4) is 0 Å². The van der Waals surface area contributed by atoms with Crippen molar-refractivity contribution in [1.29, 1.82) is 0 Å². The van der Waals surface area contributed by atoms with E-state index >= 15 is 0 Å². The van der Waals surface area contributed by atoms with Gasteiger partial charge in [0.15, 0.2) is 5.16 Å². The minimum Gasteiger partial charge on any atom is -0.467 e. The lowest BCUT2D eigenvalue weighted by Crippen LogP contribution is -2.28. The topological polar surface area (TPSA) is 88.0 Å². The zero-order chi connectivity index (χ0) is 19.2. The zero-order valence-electron chi connectivity index (χ0n) is 14.6. The fourth-order valence-electron chi connectivity index (χ4n) is 2.46. The van der Waals surface area contributed by atoms with Gasteiger partial charge in [-0.2, -0.15) is 0 Å². The third kappa shape index (κ3) is 5.48. The smallest absolute Gasteiger partial charge is 0.255 e. The van der Waals surface area contributed by atoms with Crippen LogP contribution >= 0.6 is 23.4 Å². The number of halogens is 1. The molecular formula is C19H18ClN3O3S.